The summed E-state index contributed by atoms with van der Waals surface area (Å²) < 4.78 is 15.5. The maximum absolute atomic E-state index is 15.5. The Morgan fingerprint density at radius 1 is 1.19 bits per heavy atom. The normalized spacial score (nSPS) is 27.6. The Kier molecular flexibility index (Phi) is 6.59. The van der Waals surface area contributed by atoms with E-state index in [-0.39, 0.29) is 28.3 Å². The highest BCUT2D eigenvalue weighted by Crippen LogP contribution is 2.63. The fourth-order valence-electron chi connectivity index (χ4n) is 7.08. The number of carbonyl (C=O) groups is 1. The Bertz CT molecular complexity index is 1010. The molecule has 1 N–H and O–H groups in total. The molecule has 2 fully saturated rings. The molecule has 6 heteroatoms. The van der Waals surface area contributed by atoms with E-state index in [0.717, 1.165) is 37.8 Å². The first-order chi connectivity index (χ1) is 15.3. The van der Waals surface area contributed by atoms with E-state index in [9.17, 15) is 4.79 Å². The minimum absolute atomic E-state index is 0.0934. The molecule has 1 heterocycles. The topological polar surface area (TPSA) is 32.3 Å². The summed E-state index contributed by atoms with van der Waals surface area (Å²) in [6, 6.07) is 11.1. The summed E-state index contributed by atoms with van der Waals surface area (Å²) in [6.45, 7) is 7.53. The summed E-state index contributed by atoms with van der Waals surface area (Å²) in [6.07, 6.45) is 6.23. The number of rotatable bonds is 5. The van der Waals surface area contributed by atoms with Gasteiger partial charge in [0, 0.05) is 33.6 Å². The molecule has 3 atom stereocenters. The number of likely N-dealkylation sites (N-methyl/N-ethyl adjacent to an activating group) is 1. The van der Waals surface area contributed by atoms with Crippen molar-refractivity contribution < 1.29 is 9.18 Å². The lowest BCUT2D eigenvalue weighted by atomic mass is 9.56. The lowest BCUT2D eigenvalue weighted by molar-refractivity contribution is -0.105. The van der Waals surface area contributed by atoms with Gasteiger partial charge < -0.3 is 5.32 Å². The molecule has 1 saturated heterocycles. The van der Waals surface area contributed by atoms with E-state index < -0.39 is 5.41 Å². The zero-order valence-electron chi connectivity index (χ0n) is 18.9. The van der Waals surface area contributed by atoms with Crippen LogP contribution in [-0.4, -0.2) is 29.4 Å². The van der Waals surface area contributed by atoms with Crippen molar-refractivity contribution in [1.29, 1.82) is 0 Å². The van der Waals surface area contributed by atoms with Crippen LogP contribution < -0.4 is 5.32 Å². The number of likely N-dealkylation sites (tertiary alicyclic amines) is 1. The number of nitrogens with one attached hydrogen (secondary N) is 1. The molecule has 0 aromatic heterocycles. The van der Waals surface area contributed by atoms with Crippen molar-refractivity contribution in [3.05, 3.63) is 63.4 Å². The van der Waals surface area contributed by atoms with Crippen molar-refractivity contribution in [2.24, 2.45) is 0 Å². The summed E-state index contributed by atoms with van der Waals surface area (Å²) in [5.74, 6) is -0.493. The lowest BCUT2D eigenvalue weighted by Crippen LogP contribution is -2.57. The first-order valence-corrected chi connectivity index (χ1v) is 12.3. The van der Waals surface area contributed by atoms with E-state index in [1.54, 1.807) is 12.1 Å². The molecule has 1 aliphatic heterocycles. The summed E-state index contributed by atoms with van der Waals surface area (Å²) in [5.41, 5.74) is 1.71. The smallest absolute Gasteiger partial charge is 0.211 e. The summed E-state index contributed by atoms with van der Waals surface area (Å²) in [5, 5.41) is 3.59. The minimum Gasteiger partial charge on any atom is -0.328 e. The number of hydrogen-bond acceptors (Lipinski definition) is 2. The van der Waals surface area contributed by atoms with Gasteiger partial charge in [-0.05, 0) is 55.6 Å². The molecule has 2 aromatic carbocycles. The minimum atomic E-state index is -0.468. The highest BCUT2D eigenvalue weighted by atomic mass is 35.5. The molecule has 2 aromatic rings. The van der Waals surface area contributed by atoms with E-state index in [2.05, 4.69) is 31.0 Å². The maximum atomic E-state index is 15.5. The monoisotopic (exact) mass is 476 g/mol. The van der Waals surface area contributed by atoms with Crippen molar-refractivity contribution in [2.45, 2.75) is 75.8 Å². The summed E-state index contributed by atoms with van der Waals surface area (Å²) in [7, 11) is 0. The van der Waals surface area contributed by atoms with Crippen molar-refractivity contribution in [3.63, 3.8) is 0 Å². The fourth-order valence-corrected chi connectivity index (χ4v) is 7.43. The molecule has 32 heavy (non-hydrogen) atoms. The largest absolute Gasteiger partial charge is 0.328 e. The number of nitrogens with zero attached hydrogens (tertiary/aromatic N) is 1. The summed E-state index contributed by atoms with van der Waals surface area (Å²) >= 11 is 12.6. The molecular weight excluding hydrogens is 446 g/mol. The van der Waals surface area contributed by atoms with Crippen molar-refractivity contribution in [3.8, 4) is 0 Å². The maximum Gasteiger partial charge on any atom is 0.211 e. The molecule has 4 rings (SSSR count). The van der Waals surface area contributed by atoms with Gasteiger partial charge in [-0.2, -0.15) is 0 Å². The number of halogens is 3. The summed E-state index contributed by atoms with van der Waals surface area (Å²) in [4.78, 5) is 14.1. The van der Waals surface area contributed by atoms with Gasteiger partial charge in [-0.15, -0.1) is 0 Å². The molecule has 1 saturated carbocycles. The van der Waals surface area contributed by atoms with Crippen molar-refractivity contribution >= 4 is 35.3 Å². The Hall–Kier alpha value is -1.62. The van der Waals surface area contributed by atoms with E-state index in [0.29, 0.717) is 22.7 Å². The number of hydrogen-bond donors (Lipinski definition) is 1. The number of benzene rings is 2. The predicted octanol–water partition coefficient (Wildman–Crippen LogP) is 7.17. The van der Waals surface area contributed by atoms with Gasteiger partial charge in [-0.1, -0.05) is 74.5 Å². The number of anilines is 1. The Morgan fingerprint density at radius 2 is 1.91 bits per heavy atom. The molecule has 1 spiro atoms. The third-order valence-electron chi connectivity index (χ3n) is 8.21. The quantitative estimate of drug-likeness (QED) is 0.463. The van der Waals surface area contributed by atoms with Crippen molar-refractivity contribution in [1.82, 2.24) is 4.90 Å². The molecule has 172 valence electrons. The third-order valence-corrected chi connectivity index (χ3v) is 8.73. The Morgan fingerprint density at radius 3 is 2.56 bits per heavy atom. The molecule has 0 radical (unpaired) electrons. The van der Waals surface area contributed by atoms with Crippen LogP contribution in [0.2, 0.25) is 10.0 Å². The van der Waals surface area contributed by atoms with Crippen LogP contribution >= 0.6 is 23.2 Å². The second kappa shape index (κ2) is 8.96. The molecule has 3 nitrogen and oxygen atoms in total. The molecular formula is C26H31Cl2FN2O. The second-order valence-electron chi connectivity index (χ2n) is 9.39. The second-order valence-corrected chi connectivity index (χ2v) is 10.2. The van der Waals surface area contributed by atoms with Crippen LogP contribution in [0, 0.1) is 5.82 Å². The number of amides is 1. The van der Waals surface area contributed by atoms with Gasteiger partial charge in [0.15, 0.2) is 0 Å². The van der Waals surface area contributed by atoms with E-state index in [1.165, 1.54) is 6.42 Å². The van der Waals surface area contributed by atoms with Gasteiger partial charge in [0.1, 0.15) is 5.82 Å². The average Bonchev–Trinajstić information content (AvgIpc) is 2.94. The molecule has 1 aliphatic carbocycles. The van der Waals surface area contributed by atoms with Gasteiger partial charge in [-0.3, -0.25) is 9.69 Å². The van der Waals surface area contributed by atoms with E-state index in [1.807, 2.05) is 24.3 Å². The zero-order chi connectivity index (χ0) is 23.1. The molecule has 1 unspecified atom stereocenters. The van der Waals surface area contributed by atoms with Gasteiger partial charge >= 0.3 is 0 Å². The van der Waals surface area contributed by atoms with E-state index in [4.69, 9.17) is 23.2 Å². The van der Waals surface area contributed by atoms with Gasteiger partial charge in [-0.25, -0.2) is 4.39 Å². The number of carbonyl (C=O) groups excluding carboxylic acids is 1. The van der Waals surface area contributed by atoms with Gasteiger partial charge in [0.05, 0.1) is 5.02 Å². The highest BCUT2D eigenvalue weighted by molar-refractivity contribution is 6.31. The fraction of sp³-hybridized carbons (Fsp3) is 0.500. The molecule has 1 amide bonds. The van der Waals surface area contributed by atoms with Crippen LogP contribution in [0.4, 0.5) is 10.1 Å². The third kappa shape index (κ3) is 3.38. The average molecular weight is 477 g/mol. The van der Waals surface area contributed by atoms with Crippen LogP contribution in [0.5, 0.6) is 0 Å². The Balaban J connectivity index is 2.05. The first-order valence-electron chi connectivity index (χ1n) is 11.5. The van der Waals surface area contributed by atoms with Crippen LogP contribution in [0.15, 0.2) is 36.4 Å². The predicted molar refractivity (Wildman–Crippen MR) is 130 cm³/mol. The van der Waals surface area contributed by atoms with E-state index >= 15 is 4.39 Å². The van der Waals surface area contributed by atoms with Crippen LogP contribution in [0.25, 0.3) is 0 Å². The highest BCUT2D eigenvalue weighted by Gasteiger charge is 2.65. The lowest BCUT2D eigenvalue weighted by Gasteiger charge is -2.53. The van der Waals surface area contributed by atoms with Crippen LogP contribution in [0.1, 0.15) is 69.9 Å². The molecule has 2 aliphatic rings. The van der Waals surface area contributed by atoms with Crippen LogP contribution in [-0.2, 0) is 10.2 Å². The SMILES string of the molecule is CCN1[C@@H](C)C(c2cccc(Cl)c2F)[C@@](C)(c2ccc(Cl)cc2NC=O)C12CCCCC2. The zero-order valence-corrected chi connectivity index (χ0v) is 20.4. The van der Waals surface area contributed by atoms with Gasteiger partial charge in [0.2, 0.25) is 6.41 Å². The standard InChI is InChI=1S/C26H31Cl2FN2O/c1-4-31-17(2)23(19-9-8-10-21(28)24(19)29)25(3,26(31)13-6-5-7-14-26)20-12-11-18(27)15-22(20)30-16-32/h8-12,15-17,23H,4-7,13-14H2,1-3H3,(H,30,32)/t17-,23?,25+/m0/s1. The van der Waals surface area contributed by atoms with Crippen molar-refractivity contribution in [2.75, 3.05) is 11.9 Å². The van der Waals surface area contributed by atoms with Gasteiger partial charge in [0.25, 0.3) is 0 Å². The van der Waals surface area contributed by atoms with Crippen LogP contribution in [0.3, 0.4) is 0 Å². The first kappa shape index (κ1) is 23.5. The Labute approximate surface area is 200 Å². The molecule has 0 bridgehead atoms.